The molecule has 0 aliphatic heterocycles. The van der Waals surface area contributed by atoms with Gasteiger partial charge in [-0.3, -0.25) is 9.69 Å². The van der Waals surface area contributed by atoms with E-state index in [2.05, 4.69) is 18.7 Å². The lowest BCUT2D eigenvalue weighted by Gasteiger charge is -2.14. The quantitative estimate of drug-likeness (QED) is 0.669. The van der Waals surface area contributed by atoms with Crippen LogP contribution in [0.25, 0.3) is 0 Å². The minimum absolute atomic E-state index is 0.167. The second-order valence-corrected chi connectivity index (χ2v) is 3.07. The smallest absolute Gasteiger partial charge is 0.143 e. The van der Waals surface area contributed by atoms with E-state index in [4.69, 9.17) is 0 Å². The highest BCUT2D eigenvalue weighted by molar-refractivity contribution is 5.77. The average molecular weight is 187 g/mol. The number of hydrogen-bond acceptors (Lipinski definition) is 3. The van der Waals surface area contributed by atoms with Gasteiger partial charge in [-0.25, -0.2) is 0 Å². The number of ketones is 2. The van der Waals surface area contributed by atoms with E-state index in [-0.39, 0.29) is 11.6 Å². The van der Waals surface area contributed by atoms with Crippen molar-refractivity contribution in [2.75, 3.05) is 19.6 Å². The van der Waals surface area contributed by atoms with Gasteiger partial charge in [-0.05, 0) is 33.9 Å². The van der Waals surface area contributed by atoms with Crippen LogP contribution in [0.5, 0.6) is 0 Å². The molecule has 0 radical (unpaired) electrons. The Balaban J connectivity index is 0. The number of carbonyl (C=O) groups excluding carboxylic acids is 2. The Bertz CT molecular complexity index is 147. The van der Waals surface area contributed by atoms with E-state index < -0.39 is 0 Å². The molecule has 0 unspecified atom stereocenters. The Morgan fingerprint density at radius 1 is 1.00 bits per heavy atom. The molecule has 0 rings (SSSR count). The van der Waals surface area contributed by atoms with Crippen LogP contribution in [0.4, 0.5) is 0 Å². The topological polar surface area (TPSA) is 37.4 Å². The van der Waals surface area contributed by atoms with Crippen molar-refractivity contribution >= 4 is 11.6 Å². The molecular weight excluding hydrogens is 166 g/mol. The fraction of sp³-hybridized carbons (Fsp3) is 0.800. The highest BCUT2D eigenvalue weighted by Gasteiger charge is 1.99. The van der Waals surface area contributed by atoms with Crippen molar-refractivity contribution in [3.63, 3.8) is 0 Å². The van der Waals surface area contributed by atoms with Gasteiger partial charge in [0.1, 0.15) is 11.6 Å². The molecule has 0 aliphatic rings. The minimum Gasteiger partial charge on any atom is -0.300 e. The predicted octanol–water partition coefficient (Wildman–Crippen LogP) is 1.51. The summed E-state index contributed by atoms with van der Waals surface area (Å²) in [7, 11) is 0. The molecule has 0 amide bonds. The molecule has 0 bridgehead atoms. The van der Waals surface area contributed by atoms with Crippen LogP contribution in [0.1, 0.15) is 34.6 Å². The second kappa shape index (κ2) is 9.39. The normalized spacial score (nSPS) is 9.08. The molecule has 0 aromatic heterocycles. The van der Waals surface area contributed by atoms with Gasteiger partial charge in [0.05, 0.1) is 6.54 Å². The van der Waals surface area contributed by atoms with Crippen molar-refractivity contribution in [2.24, 2.45) is 0 Å². The number of Topliss-reactive ketones (excluding diaryl/α,β-unsaturated/α-hetero) is 2. The van der Waals surface area contributed by atoms with Crippen LogP contribution in [0.2, 0.25) is 0 Å². The maximum Gasteiger partial charge on any atom is 0.143 e. The van der Waals surface area contributed by atoms with Gasteiger partial charge in [0.15, 0.2) is 0 Å². The summed E-state index contributed by atoms with van der Waals surface area (Å²) >= 11 is 0. The van der Waals surface area contributed by atoms with Crippen LogP contribution in [-0.4, -0.2) is 36.1 Å². The predicted molar refractivity (Wildman–Crippen MR) is 54.8 cm³/mol. The summed E-state index contributed by atoms with van der Waals surface area (Å²) in [4.78, 5) is 22.1. The van der Waals surface area contributed by atoms with Gasteiger partial charge in [-0.15, -0.1) is 0 Å². The molecule has 78 valence electrons. The third-order valence-corrected chi connectivity index (χ3v) is 1.34. The Hall–Kier alpha value is -0.700. The molecule has 3 heteroatoms. The van der Waals surface area contributed by atoms with E-state index in [1.54, 1.807) is 6.92 Å². The van der Waals surface area contributed by atoms with Gasteiger partial charge in [-0.2, -0.15) is 0 Å². The van der Waals surface area contributed by atoms with Crippen molar-refractivity contribution < 1.29 is 9.59 Å². The summed E-state index contributed by atoms with van der Waals surface area (Å²) in [5.41, 5.74) is 0. The number of nitrogens with zero attached hydrogens (tertiary/aromatic N) is 1. The molecule has 0 saturated heterocycles. The van der Waals surface area contributed by atoms with Crippen molar-refractivity contribution in [3.8, 4) is 0 Å². The first-order valence-electron chi connectivity index (χ1n) is 4.62. The Morgan fingerprint density at radius 3 is 1.38 bits per heavy atom. The standard InChI is InChI=1S/C7H15NO.C3H6O/c1-4-8(5-2)6-7(3)9;1-3(2)4/h4-6H2,1-3H3;1-2H3. The zero-order chi connectivity index (χ0) is 10.9. The lowest BCUT2D eigenvalue weighted by molar-refractivity contribution is -0.118. The fourth-order valence-corrected chi connectivity index (χ4v) is 0.762. The van der Waals surface area contributed by atoms with Crippen molar-refractivity contribution in [1.82, 2.24) is 4.90 Å². The summed E-state index contributed by atoms with van der Waals surface area (Å²) in [6.45, 7) is 11.3. The van der Waals surface area contributed by atoms with Crippen LogP contribution in [-0.2, 0) is 9.59 Å². The molecule has 0 aromatic rings. The zero-order valence-corrected chi connectivity index (χ0v) is 9.39. The van der Waals surface area contributed by atoms with Crippen molar-refractivity contribution in [2.45, 2.75) is 34.6 Å². The highest BCUT2D eigenvalue weighted by Crippen LogP contribution is 1.85. The first kappa shape index (κ1) is 14.8. The van der Waals surface area contributed by atoms with E-state index in [9.17, 15) is 9.59 Å². The molecule has 0 aliphatic carbocycles. The molecular formula is C10H21NO2. The number of rotatable bonds is 4. The van der Waals surface area contributed by atoms with Crippen LogP contribution < -0.4 is 0 Å². The van der Waals surface area contributed by atoms with E-state index >= 15 is 0 Å². The molecule has 0 spiro atoms. The molecule has 3 nitrogen and oxygen atoms in total. The summed E-state index contributed by atoms with van der Waals surface area (Å²) in [6, 6.07) is 0. The number of hydrogen-bond donors (Lipinski definition) is 0. The maximum atomic E-state index is 10.5. The van der Waals surface area contributed by atoms with Gasteiger partial charge >= 0.3 is 0 Å². The summed E-state index contributed by atoms with van der Waals surface area (Å²) in [5.74, 6) is 0.415. The monoisotopic (exact) mass is 187 g/mol. The second-order valence-electron chi connectivity index (χ2n) is 3.07. The summed E-state index contributed by atoms with van der Waals surface area (Å²) in [5, 5.41) is 0. The van der Waals surface area contributed by atoms with Gasteiger partial charge in [0.2, 0.25) is 0 Å². The molecule has 0 N–H and O–H groups in total. The van der Waals surface area contributed by atoms with E-state index in [0.717, 1.165) is 13.1 Å². The first-order valence-corrected chi connectivity index (χ1v) is 4.62. The van der Waals surface area contributed by atoms with Gasteiger partial charge in [0, 0.05) is 0 Å². The number of likely N-dealkylation sites (N-methyl/N-ethyl adjacent to an activating group) is 1. The zero-order valence-electron chi connectivity index (χ0n) is 9.39. The van der Waals surface area contributed by atoms with Crippen molar-refractivity contribution in [1.29, 1.82) is 0 Å². The largest absolute Gasteiger partial charge is 0.300 e. The Morgan fingerprint density at radius 2 is 1.31 bits per heavy atom. The maximum absolute atomic E-state index is 10.5. The van der Waals surface area contributed by atoms with E-state index in [0.29, 0.717) is 6.54 Å². The van der Waals surface area contributed by atoms with Crippen molar-refractivity contribution in [3.05, 3.63) is 0 Å². The highest BCUT2D eigenvalue weighted by atomic mass is 16.1. The molecule has 0 fully saturated rings. The summed E-state index contributed by atoms with van der Waals surface area (Å²) in [6.07, 6.45) is 0. The third kappa shape index (κ3) is 18.3. The molecule has 0 aromatic carbocycles. The van der Waals surface area contributed by atoms with E-state index in [1.807, 2.05) is 0 Å². The summed E-state index contributed by atoms with van der Waals surface area (Å²) < 4.78 is 0. The fourth-order valence-electron chi connectivity index (χ4n) is 0.762. The first-order chi connectivity index (χ1) is 5.93. The van der Waals surface area contributed by atoms with Crippen LogP contribution in [0, 0.1) is 0 Å². The average Bonchev–Trinajstić information content (AvgIpc) is 1.98. The molecule has 13 heavy (non-hydrogen) atoms. The van der Waals surface area contributed by atoms with Crippen LogP contribution >= 0.6 is 0 Å². The third-order valence-electron chi connectivity index (χ3n) is 1.34. The van der Waals surface area contributed by atoms with Crippen LogP contribution in [0.3, 0.4) is 0 Å². The Labute approximate surface area is 81.1 Å². The van der Waals surface area contributed by atoms with E-state index in [1.165, 1.54) is 13.8 Å². The minimum atomic E-state index is 0.167. The van der Waals surface area contributed by atoms with Gasteiger partial charge in [0.25, 0.3) is 0 Å². The van der Waals surface area contributed by atoms with Crippen LogP contribution in [0.15, 0.2) is 0 Å². The SMILES string of the molecule is CC(C)=O.CCN(CC)CC(C)=O. The van der Waals surface area contributed by atoms with Gasteiger partial charge < -0.3 is 4.79 Å². The lowest BCUT2D eigenvalue weighted by Crippen LogP contribution is -2.27. The molecule has 0 heterocycles. The molecule has 0 saturated carbocycles. The lowest BCUT2D eigenvalue weighted by atomic mass is 10.4. The Kier molecular flexibility index (Phi) is 10.7. The molecule has 0 atom stereocenters. The number of carbonyl (C=O) groups is 2. The van der Waals surface area contributed by atoms with Gasteiger partial charge in [-0.1, -0.05) is 13.8 Å².